The zero-order valence-electron chi connectivity index (χ0n) is 11.3. The second-order valence-electron chi connectivity index (χ2n) is 4.38. The van der Waals surface area contributed by atoms with Gasteiger partial charge in [-0.25, -0.2) is 0 Å². The molecule has 0 fully saturated rings. The van der Waals surface area contributed by atoms with Crippen LogP contribution in [0.2, 0.25) is 0 Å². The van der Waals surface area contributed by atoms with Gasteiger partial charge in [0.05, 0.1) is 7.11 Å². The van der Waals surface area contributed by atoms with Crippen molar-refractivity contribution >= 4 is 5.91 Å². The number of methoxy groups -OCH3 is 1. The van der Waals surface area contributed by atoms with Gasteiger partial charge >= 0.3 is 0 Å². The minimum Gasteiger partial charge on any atom is -0.497 e. The molecule has 1 aromatic carbocycles. The Morgan fingerprint density at radius 1 is 1.26 bits per heavy atom. The number of carbonyl (C=O) groups excluding carboxylic acids is 1. The van der Waals surface area contributed by atoms with Crippen molar-refractivity contribution in [1.29, 1.82) is 0 Å². The van der Waals surface area contributed by atoms with Crippen LogP contribution in [0.3, 0.4) is 0 Å². The molecule has 4 heteroatoms. The van der Waals surface area contributed by atoms with E-state index in [0.29, 0.717) is 12.3 Å². The van der Waals surface area contributed by atoms with Gasteiger partial charge in [0, 0.05) is 6.54 Å². The predicted molar refractivity (Wildman–Crippen MR) is 72.3 cm³/mol. The lowest BCUT2D eigenvalue weighted by Gasteiger charge is -2.04. The van der Waals surface area contributed by atoms with E-state index in [9.17, 15) is 4.79 Å². The molecule has 0 unspecified atom stereocenters. The van der Waals surface area contributed by atoms with Crippen molar-refractivity contribution in [1.82, 2.24) is 5.32 Å². The molecule has 0 saturated heterocycles. The van der Waals surface area contributed by atoms with Gasteiger partial charge in [-0.3, -0.25) is 4.79 Å². The highest BCUT2D eigenvalue weighted by Gasteiger charge is 2.11. The van der Waals surface area contributed by atoms with E-state index in [4.69, 9.17) is 9.15 Å². The topological polar surface area (TPSA) is 51.5 Å². The number of rotatable bonds is 4. The Balaban J connectivity index is 1.96. The highest BCUT2D eigenvalue weighted by molar-refractivity contribution is 5.91. The molecular formula is C15H17NO3. The average molecular weight is 259 g/mol. The van der Waals surface area contributed by atoms with Crippen molar-refractivity contribution in [3.8, 4) is 5.75 Å². The number of nitrogens with one attached hydrogen (secondary N) is 1. The van der Waals surface area contributed by atoms with Crippen LogP contribution >= 0.6 is 0 Å². The van der Waals surface area contributed by atoms with Crippen molar-refractivity contribution in [3.05, 3.63) is 53.0 Å². The molecule has 2 rings (SSSR count). The summed E-state index contributed by atoms with van der Waals surface area (Å²) < 4.78 is 10.4. The maximum atomic E-state index is 11.9. The van der Waals surface area contributed by atoms with Gasteiger partial charge in [0.1, 0.15) is 11.5 Å². The van der Waals surface area contributed by atoms with Gasteiger partial charge < -0.3 is 14.5 Å². The number of hydrogen-bond acceptors (Lipinski definition) is 3. The Labute approximate surface area is 112 Å². The standard InChI is InChI=1S/C15H17NO3/c1-10-8-14(19-11(10)2)15(17)16-9-12-4-6-13(18-3)7-5-12/h4-8H,9H2,1-3H3,(H,16,17). The zero-order chi connectivity index (χ0) is 13.8. The first-order valence-corrected chi connectivity index (χ1v) is 6.08. The number of ether oxygens (including phenoxy) is 1. The van der Waals surface area contributed by atoms with Crippen molar-refractivity contribution < 1.29 is 13.9 Å². The van der Waals surface area contributed by atoms with Gasteiger partial charge in [-0.15, -0.1) is 0 Å². The normalized spacial score (nSPS) is 10.3. The fraction of sp³-hybridized carbons (Fsp3) is 0.267. The van der Waals surface area contributed by atoms with Gasteiger partial charge in [0.15, 0.2) is 5.76 Å². The molecule has 0 aliphatic heterocycles. The first-order valence-electron chi connectivity index (χ1n) is 6.08. The summed E-state index contributed by atoms with van der Waals surface area (Å²) in [5.41, 5.74) is 1.99. The molecule has 0 bridgehead atoms. The van der Waals surface area contributed by atoms with Crippen LogP contribution in [-0.2, 0) is 6.54 Å². The van der Waals surface area contributed by atoms with Crippen molar-refractivity contribution in [2.75, 3.05) is 7.11 Å². The molecule has 1 heterocycles. The van der Waals surface area contributed by atoms with Crippen LogP contribution < -0.4 is 10.1 Å². The van der Waals surface area contributed by atoms with Gasteiger partial charge in [0.2, 0.25) is 0 Å². The summed E-state index contributed by atoms with van der Waals surface area (Å²) in [7, 11) is 1.62. The van der Waals surface area contributed by atoms with Gasteiger partial charge in [-0.05, 0) is 43.2 Å². The Bertz CT molecular complexity index is 550. The predicted octanol–water partition coefficient (Wildman–Crippen LogP) is 2.84. The fourth-order valence-corrected chi connectivity index (χ4v) is 1.70. The number of hydrogen-bond donors (Lipinski definition) is 1. The molecule has 19 heavy (non-hydrogen) atoms. The summed E-state index contributed by atoms with van der Waals surface area (Å²) in [4.78, 5) is 11.9. The van der Waals surface area contributed by atoms with Crippen LogP contribution in [0, 0.1) is 13.8 Å². The molecule has 0 aliphatic rings. The number of aryl methyl sites for hydroxylation is 2. The zero-order valence-corrected chi connectivity index (χ0v) is 11.3. The molecular weight excluding hydrogens is 242 g/mol. The number of carbonyl (C=O) groups is 1. The Morgan fingerprint density at radius 3 is 2.47 bits per heavy atom. The summed E-state index contributed by atoms with van der Waals surface area (Å²) >= 11 is 0. The third-order valence-electron chi connectivity index (χ3n) is 3.00. The third-order valence-corrected chi connectivity index (χ3v) is 3.00. The lowest BCUT2D eigenvalue weighted by molar-refractivity contribution is 0.0922. The van der Waals surface area contributed by atoms with Gasteiger partial charge in [-0.1, -0.05) is 12.1 Å². The molecule has 0 aliphatic carbocycles. The maximum Gasteiger partial charge on any atom is 0.287 e. The average Bonchev–Trinajstić information content (AvgIpc) is 2.77. The minimum atomic E-state index is -0.202. The summed E-state index contributed by atoms with van der Waals surface area (Å²) in [6.07, 6.45) is 0. The van der Waals surface area contributed by atoms with Crippen LogP contribution in [0.5, 0.6) is 5.75 Å². The van der Waals surface area contributed by atoms with Crippen LogP contribution in [0.4, 0.5) is 0 Å². The van der Waals surface area contributed by atoms with Crippen LogP contribution in [-0.4, -0.2) is 13.0 Å². The van der Waals surface area contributed by atoms with Crippen molar-refractivity contribution in [2.45, 2.75) is 20.4 Å². The van der Waals surface area contributed by atoms with Crippen LogP contribution in [0.1, 0.15) is 27.4 Å². The summed E-state index contributed by atoms with van der Waals surface area (Å²) in [5.74, 6) is 1.72. The molecule has 100 valence electrons. The Kier molecular flexibility index (Phi) is 3.90. The third kappa shape index (κ3) is 3.16. The summed E-state index contributed by atoms with van der Waals surface area (Å²) in [5, 5.41) is 2.82. The van der Waals surface area contributed by atoms with Crippen LogP contribution in [0.15, 0.2) is 34.7 Å². The summed E-state index contributed by atoms with van der Waals surface area (Å²) in [6.45, 7) is 4.22. The molecule has 4 nitrogen and oxygen atoms in total. The molecule has 0 radical (unpaired) electrons. The first kappa shape index (κ1) is 13.2. The Morgan fingerprint density at radius 2 is 1.95 bits per heavy atom. The highest BCUT2D eigenvalue weighted by atomic mass is 16.5. The summed E-state index contributed by atoms with van der Waals surface area (Å²) in [6, 6.07) is 9.31. The van der Waals surface area contributed by atoms with E-state index in [-0.39, 0.29) is 5.91 Å². The van der Waals surface area contributed by atoms with E-state index < -0.39 is 0 Å². The van der Waals surface area contributed by atoms with Crippen molar-refractivity contribution in [3.63, 3.8) is 0 Å². The number of furan rings is 1. The van der Waals surface area contributed by atoms with Gasteiger partial charge in [-0.2, -0.15) is 0 Å². The van der Waals surface area contributed by atoms with E-state index in [1.165, 1.54) is 0 Å². The van der Waals surface area contributed by atoms with E-state index in [0.717, 1.165) is 22.6 Å². The molecule has 0 spiro atoms. The lowest BCUT2D eigenvalue weighted by atomic mass is 10.2. The second-order valence-corrected chi connectivity index (χ2v) is 4.38. The Hall–Kier alpha value is -2.23. The van der Waals surface area contributed by atoms with E-state index in [1.807, 2.05) is 38.1 Å². The molecule has 0 saturated carbocycles. The molecule has 1 aromatic heterocycles. The van der Waals surface area contributed by atoms with Crippen LogP contribution in [0.25, 0.3) is 0 Å². The maximum absolute atomic E-state index is 11.9. The minimum absolute atomic E-state index is 0.202. The van der Waals surface area contributed by atoms with Crippen molar-refractivity contribution in [2.24, 2.45) is 0 Å². The quantitative estimate of drug-likeness (QED) is 0.918. The second kappa shape index (κ2) is 5.61. The monoisotopic (exact) mass is 259 g/mol. The van der Waals surface area contributed by atoms with E-state index >= 15 is 0 Å². The van der Waals surface area contributed by atoms with E-state index in [1.54, 1.807) is 13.2 Å². The smallest absolute Gasteiger partial charge is 0.287 e. The fourth-order valence-electron chi connectivity index (χ4n) is 1.70. The SMILES string of the molecule is COc1ccc(CNC(=O)c2cc(C)c(C)o2)cc1. The number of amides is 1. The largest absolute Gasteiger partial charge is 0.497 e. The first-order chi connectivity index (χ1) is 9.10. The molecule has 1 amide bonds. The molecule has 0 atom stereocenters. The number of benzene rings is 1. The molecule has 1 N–H and O–H groups in total. The van der Waals surface area contributed by atoms with Gasteiger partial charge in [0.25, 0.3) is 5.91 Å². The molecule has 2 aromatic rings. The van der Waals surface area contributed by atoms with E-state index in [2.05, 4.69) is 5.32 Å². The lowest BCUT2D eigenvalue weighted by Crippen LogP contribution is -2.22. The highest BCUT2D eigenvalue weighted by Crippen LogP contribution is 2.14.